The highest BCUT2D eigenvalue weighted by atomic mass is 16.6. The Morgan fingerprint density at radius 2 is 0.819 bits per heavy atom. The first-order valence-corrected chi connectivity index (χ1v) is 44.5. The van der Waals surface area contributed by atoms with Crippen molar-refractivity contribution in [1.82, 2.24) is 47.4 Å². The molecule has 5 atom stereocenters. The lowest BCUT2D eigenvalue weighted by molar-refractivity contribution is -0.384. The summed E-state index contributed by atoms with van der Waals surface area (Å²) in [5.41, 5.74) is 23.9. The number of ketones is 3. The van der Waals surface area contributed by atoms with Crippen molar-refractivity contribution in [2.45, 2.75) is 338 Å². The van der Waals surface area contributed by atoms with E-state index in [0.717, 1.165) is 26.1 Å². The third-order valence-electron chi connectivity index (χ3n) is 17.2. The zero-order chi connectivity index (χ0) is 97.1. The first kappa shape index (κ1) is 122. The maximum absolute atomic E-state index is 13.9. The van der Waals surface area contributed by atoms with E-state index in [4.69, 9.17) is 65.2 Å². The number of non-ortho nitro benzene ring substituents is 1. The maximum atomic E-state index is 13.9. The smallest absolute Gasteiger partial charge is 0.408 e. The fourth-order valence-corrected chi connectivity index (χ4v) is 11.1. The predicted octanol–water partition coefficient (Wildman–Crippen LogP) is 14.0. The number of unbranched alkanes of at least 4 members (excludes halogenated alkanes) is 5. The predicted molar refractivity (Wildman–Crippen MR) is 487 cm³/mol. The lowest BCUT2D eigenvalue weighted by Crippen LogP contribution is -2.48. The molecule has 0 bridgehead atoms. The number of nitro benzene ring substituents is 1. The highest BCUT2D eigenvalue weighted by molar-refractivity contribution is 5.92. The van der Waals surface area contributed by atoms with Crippen LogP contribution in [0, 0.1) is 16.0 Å². The SMILES string of the molecule is C1CCOC1.CC(C)(C)OC(=O)NCCCC[C@H](NC(=O)OC(C)(C)C)C(=O)C[C@@H](CCCCNC(=O)[C@H](CCCCNC(=O)OC(C)(C)C)NC(=O)OC(C)(C)C)C(=O)NCCOCCN=[N+]=[N-].CC(C)(C)OC(=O)NCCCC[C@H](NC(=O)OC(C)(C)C)C(=O)Cc1ccc([N+](=O)[O-])cc1.CCN(CC)CC.[N-]=[N+]=NCCOCCCC(=O)[C@@H](N)CCCCN. The Hall–Kier alpha value is -9.43. The van der Waals surface area contributed by atoms with E-state index in [9.17, 15) is 62.9 Å². The van der Waals surface area contributed by atoms with E-state index < -0.39 is 111 Å². The Bertz CT molecular complexity index is 3380. The van der Waals surface area contributed by atoms with E-state index in [1.54, 1.807) is 125 Å². The van der Waals surface area contributed by atoms with Crippen LogP contribution in [0.15, 0.2) is 34.5 Å². The maximum Gasteiger partial charge on any atom is 0.408 e. The first-order chi connectivity index (χ1) is 59.3. The molecule has 1 aromatic rings. The summed E-state index contributed by atoms with van der Waals surface area (Å²) in [6.07, 6.45) is 7.07. The number of carbonyl (C=O) groups is 11. The molecule has 1 aromatic carbocycles. The van der Waals surface area contributed by atoms with Crippen LogP contribution < -0.4 is 54.0 Å². The molecule has 0 saturated carbocycles. The lowest BCUT2D eigenvalue weighted by Gasteiger charge is -2.24. The molecule has 8 amide bonds. The highest BCUT2D eigenvalue weighted by Gasteiger charge is 2.31. The Morgan fingerprint density at radius 3 is 1.19 bits per heavy atom. The highest BCUT2D eigenvalue weighted by Crippen LogP contribution is 2.21. The van der Waals surface area contributed by atoms with Gasteiger partial charge in [-0.2, -0.15) is 0 Å². The Balaban J connectivity index is -0.00000198. The molecule has 127 heavy (non-hydrogen) atoms. The van der Waals surface area contributed by atoms with E-state index in [1.807, 2.05) is 0 Å². The molecular weight excluding hydrogens is 1650 g/mol. The number of alkyl carbamates (subject to hydrolysis) is 6. The number of ether oxygens (including phenoxy) is 9. The number of benzene rings is 1. The van der Waals surface area contributed by atoms with Gasteiger partial charge < -0.3 is 102 Å². The van der Waals surface area contributed by atoms with Crippen molar-refractivity contribution in [2.75, 3.05) is 112 Å². The van der Waals surface area contributed by atoms with E-state index >= 15 is 0 Å². The summed E-state index contributed by atoms with van der Waals surface area (Å²) in [7, 11) is 0. The molecule has 12 N–H and O–H groups in total. The summed E-state index contributed by atoms with van der Waals surface area (Å²) >= 11 is 0. The molecule has 1 heterocycles. The van der Waals surface area contributed by atoms with Crippen LogP contribution in [0.1, 0.15) is 279 Å². The molecule has 2 rings (SSSR count). The zero-order valence-corrected chi connectivity index (χ0v) is 80.3. The van der Waals surface area contributed by atoms with Crippen molar-refractivity contribution in [1.29, 1.82) is 0 Å². The van der Waals surface area contributed by atoms with Gasteiger partial charge in [0.05, 0.1) is 42.9 Å². The molecule has 0 aliphatic carbocycles. The summed E-state index contributed by atoms with van der Waals surface area (Å²) in [5.74, 6) is -2.20. The number of nitro groups is 1. The number of hydrogen-bond donors (Lipinski definition) is 10. The van der Waals surface area contributed by atoms with Gasteiger partial charge in [0.15, 0.2) is 11.6 Å². The number of nitrogens with one attached hydrogen (secondary N) is 8. The third kappa shape index (κ3) is 77.4. The monoisotopic (exact) mass is 1810 g/mol. The van der Waals surface area contributed by atoms with E-state index in [-0.39, 0.29) is 101 Å². The number of Topliss-reactive ketones (excluding diaryl/α,β-unsaturated/α-hetero) is 3. The topological polar surface area (TPSA) is 563 Å². The Morgan fingerprint density at radius 1 is 0.457 bits per heavy atom. The number of nitrogens with two attached hydrogens (primary N) is 2. The molecule has 730 valence electrons. The van der Waals surface area contributed by atoms with Crippen LogP contribution in [-0.2, 0) is 73.0 Å². The van der Waals surface area contributed by atoms with Gasteiger partial charge in [-0.1, -0.05) is 56.0 Å². The number of hydrogen-bond acceptors (Lipinski definition) is 27. The minimum absolute atomic E-state index is 0.00855. The van der Waals surface area contributed by atoms with Crippen LogP contribution in [0.25, 0.3) is 20.9 Å². The number of rotatable bonds is 53. The Labute approximate surface area is 754 Å². The molecule has 40 heteroatoms. The minimum atomic E-state index is -0.988. The molecule has 1 saturated heterocycles. The fourth-order valence-electron chi connectivity index (χ4n) is 11.1. The summed E-state index contributed by atoms with van der Waals surface area (Å²) in [6, 6.07) is 2.62. The van der Waals surface area contributed by atoms with Gasteiger partial charge in [0.2, 0.25) is 11.8 Å². The second-order valence-electron chi connectivity index (χ2n) is 35.9. The quantitative estimate of drug-likeness (QED) is 0.00551. The van der Waals surface area contributed by atoms with Crippen molar-refractivity contribution in [3.63, 3.8) is 0 Å². The van der Waals surface area contributed by atoms with Gasteiger partial charge in [0.1, 0.15) is 45.4 Å². The molecule has 0 spiro atoms. The van der Waals surface area contributed by atoms with Crippen LogP contribution in [0.3, 0.4) is 0 Å². The van der Waals surface area contributed by atoms with Crippen LogP contribution in [0.5, 0.6) is 0 Å². The van der Waals surface area contributed by atoms with Crippen LogP contribution in [0.4, 0.5) is 34.5 Å². The number of amides is 8. The van der Waals surface area contributed by atoms with Gasteiger partial charge in [-0.3, -0.25) is 34.1 Å². The molecule has 0 radical (unpaired) electrons. The van der Waals surface area contributed by atoms with Crippen LogP contribution in [-0.4, -0.2) is 245 Å². The van der Waals surface area contributed by atoms with E-state index in [2.05, 4.69) is 88.3 Å². The molecule has 1 aliphatic heterocycles. The second-order valence-corrected chi connectivity index (χ2v) is 35.9. The average molecular weight is 1810 g/mol. The van der Waals surface area contributed by atoms with Gasteiger partial charge >= 0.3 is 36.6 Å². The Kier molecular flexibility index (Phi) is 66.7. The lowest BCUT2D eigenvalue weighted by atomic mass is 9.91. The number of nitrogens with zero attached hydrogens (tertiary/aromatic N) is 8. The average Bonchev–Trinajstić information content (AvgIpc) is 1.04. The fraction of sp³-hybridized carbons (Fsp3) is 0.805. The summed E-state index contributed by atoms with van der Waals surface area (Å²) in [4.78, 5) is 157. The number of carbonyl (C=O) groups excluding carboxylic acids is 11. The molecule has 40 nitrogen and oxygen atoms in total. The molecule has 1 fully saturated rings. The van der Waals surface area contributed by atoms with Gasteiger partial charge in [0, 0.05) is 113 Å². The van der Waals surface area contributed by atoms with Gasteiger partial charge in [0.25, 0.3) is 5.69 Å². The van der Waals surface area contributed by atoms with Crippen molar-refractivity contribution < 1.29 is 100 Å². The van der Waals surface area contributed by atoms with Crippen LogP contribution >= 0.6 is 0 Å². The van der Waals surface area contributed by atoms with Gasteiger partial charge in [-0.15, -0.1) is 0 Å². The summed E-state index contributed by atoms with van der Waals surface area (Å²) in [5, 5.41) is 39.1. The van der Waals surface area contributed by atoms with Crippen LogP contribution in [0.2, 0.25) is 0 Å². The van der Waals surface area contributed by atoms with Crippen molar-refractivity contribution in [3.05, 3.63) is 60.8 Å². The van der Waals surface area contributed by atoms with Crippen molar-refractivity contribution >= 4 is 71.4 Å². The third-order valence-corrected chi connectivity index (χ3v) is 17.2. The second kappa shape index (κ2) is 69.6. The molecular formula is C87H160N18O22. The molecule has 0 unspecified atom stereocenters. The summed E-state index contributed by atoms with van der Waals surface area (Å²) < 4.78 is 47.3. The standard InChI is InChI=1S/C43H79N9O12.C23H35N3O7.C11H23N5O2.C6H15N.C4H8O/c1-40(2,3)61-36(56)47-23-17-14-20-31(50-38(58)63-42(7,8)9)33(53)29-30(34(54)46-25-27-60-28-26-49-52-44)19-13-16-22-45-35(55)32(51-39(59)64-43(10,11)12)21-15-18-24-48-37(57)62-41(4,5)6;1-22(2,3)32-20(28)24-14-8-7-9-18(25-21(29)33-23(4,5)6)19(27)15-16-10-12-17(13-11-16)26(30)31;12-6-2-1-4-10(13)11(17)5-3-8-18-9-7-15-16-14;1-4-7(5-2)6-3;1-2-4-5-3-1/h30-32H,13-29H2,1-12H3,(H,45,55)(H,46,54)(H,47,56)(H,48,57)(H,50,58)(H,51,59);10-13,18H,7-9,14-15H2,1-6H3,(H,24,28)(H,25,29);10H,1-9,12-13H2;4-6H2,1-3H3;1-4H2/t30-,31+,32+;18-;10-;;/m100../s1. The van der Waals surface area contributed by atoms with Gasteiger partial charge in [-0.05, 0) is 270 Å². The first-order valence-electron chi connectivity index (χ1n) is 44.5. The number of azide groups is 2. The van der Waals surface area contributed by atoms with Crippen molar-refractivity contribution in [2.24, 2.45) is 27.6 Å². The molecule has 0 aromatic heterocycles. The largest absolute Gasteiger partial charge is 0.444 e. The summed E-state index contributed by atoms with van der Waals surface area (Å²) in [6.45, 7) is 46.9. The van der Waals surface area contributed by atoms with Crippen molar-refractivity contribution in [3.8, 4) is 0 Å². The minimum Gasteiger partial charge on any atom is -0.444 e. The zero-order valence-electron chi connectivity index (χ0n) is 80.3. The van der Waals surface area contributed by atoms with E-state index in [0.29, 0.717) is 122 Å². The molecule has 1 aliphatic rings. The normalized spacial score (nSPS) is 13.0. The van der Waals surface area contributed by atoms with E-state index in [1.165, 1.54) is 56.7 Å². The van der Waals surface area contributed by atoms with Gasteiger partial charge in [-0.25, -0.2) is 28.8 Å².